The second-order valence-corrected chi connectivity index (χ2v) is 9.40. The molecule has 1 N–H and O–H groups in total. The van der Waals surface area contributed by atoms with E-state index in [0.717, 1.165) is 12.8 Å². The van der Waals surface area contributed by atoms with E-state index in [1.165, 1.54) is 41.7 Å². The Bertz CT molecular complexity index is 1030. The third kappa shape index (κ3) is 5.18. The number of amides is 1. The lowest BCUT2D eigenvalue weighted by Gasteiger charge is -2.15. The van der Waals surface area contributed by atoms with Crippen LogP contribution in [0.5, 0.6) is 5.75 Å². The molecule has 0 aromatic heterocycles. The summed E-state index contributed by atoms with van der Waals surface area (Å²) in [7, 11) is -2.03. The number of anilines is 1. The number of hydrogen-bond acceptors (Lipinski definition) is 6. The Balaban J connectivity index is 1.57. The molecule has 0 spiro atoms. The van der Waals surface area contributed by atoms with Crippen molar-refractivity contribution in [3.05, 3.63) is 52.5 Å². The number of halogens is 1. The van der Waals surface area contributed by atoms with Crippen LogP contribution < -0.4 is 10.1 Å². The Morgan fingerprint density at radius 1 is 1.10 bits per heavy atom. The smallest absolute Gasteiger partial charge is 0.339 e. The van der Waals surface area contributed by atoms with Gasteiger partial charge in [0, 0.05) is 23.2 Å². The number of ether oxygens (including phenoxy) is 2. The molecule has 0 bridgehead atoms. The van der Waals surface area contributed by atoms with Gasteiger partial charge in [0.05, 0.1) is 17.6 Å². The van der Waals surface area contributed by atoms with Crippen molar-refractivity contribution in [2.24, 2.45) is 0 Å². The van der Waals surface area contributed by atoms with Gasteiger partial charge in [0.1, 0.15) is 5.75 Å². The molecule has 0 unspecified atom stereocenters. The minimum atomic E-state index is -3.51. The summed E-state index contributed by atoms with van der Waals surface area (Å²) in [5, 5.41) is 2.57. The van der Waals surface area contributed by atoms with E-state index >= 15 is 0 Å². The van der Waals surface area contributed by atoms with Gasteiger partial charge in [0.25, 0.3) is 5.91 Å². The minimum absolute atomic E-state index is 0.178. The summed E-state index contributed by atoms with van der Waals surface area (Å²) < 4.78 is 37.1. The number of benzene rings is 2. The Labute approximate surface area is 183 Å². The quantitative estimate of drug-likeness (QED) is 0.591. The molecule has 160 valence electrons. The second-order valence-electron chi connectivity index (χ2n) is 6.61. The summed E-state index contributed by atoms with van der Waals surface area (Å²) in [5.74, 6) is -0.737. The maximum Gasteiger partial charge on any atom is 0.339 e. The number of hydrogen-bond donors (Lipinski definition) is 1. The van der Waals surface area contributed by atoms with E-state index in [9.17, 15) is 18.0 Å². The van der Waals surface area contributed by atoms with Crippen molar-refractivity contribution >= 4 is 43.5 Å². The van der Waals surface area contributed by atoms with Crippen LogP contribution in [-0.4, -0.2) is 51.4 Å². The Hall–Kier alpha value is -2.43. The van der Waals surface area contributed by atoms with E-state index in [4.69, 9.17) is 9.47 Å². The van der Waals surface area contributed by atoms with Crippen molar-refractivity contribution in [1.82, 2.24) is 4.31 Å². The molecule has 8 nitrogen and oxygen atoms in total. The van der Waals surface area contributed by atoms with Gasteiger partial charge in [0.15, 0.2) is 6.61 Å². The molecule has 0 atom stereocenters. The molecule has 1 aliphatic rings. The molecule has 0 saturated carbocycles. The molecule has 1 aliphatic heterocycles. The number of methoxy groups -OCH3 is 1. The first-order chi connectivity index (χ1) is 14.3. The fourth-order valence-electron chi connectivity index (χ4n) is 2.98. The number of nitrogens with zero attached hydrogens (tertiary/aromatic N) is 1. The molecule has 2 aromatic carbocycles. The topological polar surface area (TPSA) is 102 Å². The van der Waals surface area contributed by atoms with Gasteiger partial charge in [-0.2, -0.15) is 4.31 Å². The monoisotopic (exact) mass is 496 g/mol. The van der Waals surface area contributed by atoms with Gasteiger partial charge in [0.2, 0.25) is 10.0 Å². The molecule has 1 amide bonds. The standard InChI is InChI=1S/C20H21BrN2O6S/c1-28-15-6-9-18(21)17(12-15)20(25)29-13-19(24)22-14-4-7-16(8-5-14)30(26,27)23-10-2-3-11-23/h4-9,12H,2-3,10-11,13H2,1H3,(H,22,24). The summed E-state index contributed by atoms with van der Waals surface area (Å²) in [6.07, 6.45) is 1.72. The van der Waals surface area contributed by atoms with Gasteiger partial charge in [-0.3, -0.25) is 4.79 Å². The summed E-state index contributed by atoms with van der Waals surface area (Å²) in [4.78, 5) is 24.5. The van der Waals surface area contributed by atoms with Gasteiger partial charge in [-0.1, -0.05) is 0 Å². The molecule has 10 heteroatoms. The fourth-order valence-corrected chi connectivity index (χ4v) is 4.91. The highest BCUT2D eigenvalue weighted by atomic mass is 79.9. The van der Waals surface area contributed by atoms with Crippen molar-refractivity contribution in [1.29, 1.82) is 0 Å². The van der Waals surface area contributed by atoms with Crippen LogP contribution in [0.15, 0.2) is 51.8 Å². The van der Waals surface area contributed by atoms with Crippen molar-refractivity contribution in [2.45, 2.75) is 17.7 Å². The first-order valence-electron chi connectivity index (χ1n) is 9.22. The summed E-state index contributed by atoms with van der Waals surface area (Å²) in [5.41, 5.74) is 0.637. The number of esters is 1. The third-order valence-corrected chi connectivity index (χ3v) is 7.17. The summed E-state index contributed by atoms with van der Waals surface area (Å²) in [6.45, 7) is 0.557. The van der Waals surface area contributed by atoms with Crippen molar-refractivity contribution in [3.8, 4) is 5.75 Å². The zero-order valence-electron chi connectivity index (χ0n) is 16.3. The average molecular weight is 497 g/mol. The summed E-state index contributed by atoms with van der Waals surface area (Å²) >= 11 is 3.26. The average Bonchev–Trinajstić information content (AvgIpc) is 3.29. The van der Waals surface area contributed by atoms with Crippen LogP contribution in [0.1, 0.15) is 23.2 Å². The lowest BCUT2D eigenvalue weighted by molar-refractivity contribution is -0.119. The maximum absolute atomic E-state index is 12.5. The molecular weight excluding hydrogens is 476 g/mol. The first-order valence-corrected chi connectivity index (χ1v) is 11.5. The van der Waals surface area contributed by atoms with E-state index in [2.05, 4.69) is 21.2 Å². The van der Waals surface area contributed by atoms with Crippen LogP contribution in [0.2, 0.25) is 0 Å². The highest BCUT2D eigenvalue weighted by Gasteiger charge is 2.27. The third-order valence-electron chi connectivity index (χ3n) is 4.57. The van der Waals surface area contributed by atoms with Crippen molar-refractivity contribution in [2.75, 3.05) is 32.1 Å². The number of carbonyl (C=O) groups is 2. The van der Waals surface area contributed by atoms with Gasteiger partial charge >= 0.3 is 5.97 Å². The molecule has 0 aliphatic carbocycles. The molecule has 2 aromatic rings. The predicted octanol–water partition coefficient (Wildman–Crippen LogP) is 3.04. The largest absolute Gasteiger partial charge is 0.497 e. The van der Waals surface area contributed by atoms with E-state index in [-0.39, 0.29) is 10.5 Å². The molecule has 0 radical (unpaired) electrons. The van der Waals surface area contributed by atoms with Crippen LogP contribution >= 0.6 is 15.9 Å². The van der Waals surface area contributed by atoms with Crippen LogP contribution in [0.25, 0.3) is 0 Å². The molecule has 1 heterocycles. The van der Waals surface area contributed by atoms with Crippen molar-refractivity contribution < 1.29 is 27.5 Å². The fraction of sp³-hybridized carbons (Fsp3) is 0.300. The van der Waals surface area contributed by atoms with Crippen LogP contribution in [0.3, 0.4) is 0 Å². The highest BCUT2D eigenvalue weighted by Crippen LogP contribution is 2.24. The zero-order chi connectivity index (χ0) is 21.7. The van der Waals surface area contributed by atoms with E-state index in [0.29, 0.717) is 29.0 Å². The van der Waals surface area contributed by atoms with Gasteiger partial charge in [-0.25, -0.2) is 13.2 Å². The Kier molecular flexibility index (Phi) is 7.11. The zero-order valence-corrected chi connectivity index (χ0v) is 18.7. The lowest BCUT2D eigenvalue weighted by atomic mass is 10.2. The van der Waals surface area contributed by atoms with Gasteiger partial charge in [-0.05, 0) is 71.2 Å². The maximum atomic E-state index is 12.5. The van der Waals surface area contributed by atoms with Crippen LogP contribution in [0.4, 0.5) is 5.69 Å². The Morgan fingerprint density at radius 2 is 1.77 bits per heavy atom. The number of sulfonamides is 1. The normalized spacial score (nSPS) is 14.3. The molecule has 30 heavy (non-hydrogen) atoms. The van der Waals surface area contributed by atoms with Crippen LogP contribution in [-0.2, 0) is 19.6 Å². The van der Waals surface area contributed by atoms with Gasteiger partial charge in [-0.15, -0.1) is 0 Å². The first kappa shape index (κ1) is 22.3. The summed E-state index contributed by atoms with van der Waals surface area (Å²) in [6, 6.07) is 10.7. The number of carbonyl (C=O) groups excluding carboxylic acids is 2. The Morgan fingerprint density at radius 3 is 2.40 bits per heavy atom. The molecule has 3 rings (SSSR count). The minimum Gasteiger partial charge on any atom is -0.497 e. The van der Waals surface area contributed by atoms with E-state index in [1.807, 2.05) is 0 Å². The van der Waals surface area contributed by atoms with Gasteiger partial charge < -0.3 is 14.8 Å². The lowest BCUT2D eigenvalue weighted by Crippen LogP contribution is -2.27. The predicted molar refractivity (Wildman–Crippen MR) is 114 cm³/mol. The van der Waals surface area contributed by atoms with Crippen molar-refractivity contribution in [3.63, 3.8) is 0 Å². The van der Waals surface area contributed by atoms with Crippen LogP contribution in [0, 0.1) is 0 Å². The SMILES string of the molecule is COc1ccc(Br)c(C(=O)OCC(=O)Nc2ccc(S(=O)(=O)N3CCCC3)cc2)c1. The second kappa shape index (κ2) is 9.59. The molecular formula is C20H21BrN2O6S. The highest BCUT2D eigenvalue weighted by molar-refractivity contribution is 9.10. The number of nitrogens with one attached hydrogen (secondary N) is 1. The van der Waals surface area contributed by atoms with E-state index in [1.54, 1.807) is 12.1 Å². The molecule has 1 fully saturated rings. The number of rotatable bonds is 7. The molecule has 1 saturated heterocycles. The van der Waals surface area contributed by atoms with E-state index < -0.39 is 28.5 Å².